The number of carbonyl (C=O) groups is 1. The maximum Gasteiger partial charge on any atom is 0.240 e. The van der Waals surface area contributed by atoms with Gasteiger partial charge in [0.05, 0.1) is 26.2 Å². The Labute approximate surface area is 183 Å². The van der Waals surface area contributed by atoms with E-state index in [0.29, 0.717) is 40.7 Å². The molecule has 0 bridgehead atoms. The van der Waals surface area contributed by atoms with E-state index in [-0.39, 0.29) is 12.5 Å². The number of nitrogens with one attached hydrogen (secondary N) is 1. The molecular formula is C21H27ClN2O5S. The third kappa shape index (κ3) is 6.27. The number of anilines is 1. The number of carbonyl (C=O) groups excluding carboxylic acids is 1. The number of aryl methyl sites for hydroxylation is 1. The lowest BCUT2D eigenvalue weighted by atomic mass is 10.1. The van der Waals surface area contributed by atoms with Crippen molar-refractivity contribution in [1.29, 1.82) is 0 Å². The summed E-state index contributed by atoms with van der Waals surface area (Å²) >= 11 is 6.11. The standard InChI is InChI=1S/C21H27ClN2O5S/c1-15-17(22)8-5-9-18(15)24(30(4,26)27)14-21(25)23-12-6-7-16-10-11-19(28-2)20(13-16)29-3/h5,8-11,13H,6-7,12,14H2,1-4H3,(H,23,25). The molecule has 2 aromatic carbocycles. The lowest BCUT2D eigenvalue weighted by Gasteiger charge is -2.24. The topological polar surface area (TPSA) is 84.9 Å². The van der Waals surface area contributed by atoms with Crippen molar-refractivity contribution in [1.82, 2.24) is 5.32 Å². The Kier molecular flexibility index (Phi) is 8.37. The van der Waals surface area contributed by atoms with Gasteiger partial charge in [0.25, 0.3) is 0 Å². The fourth-order valence-electron chi connectivity index (χ4n) is 2.99. The molecule has 2 aromatic rings. The van der Waals surface area contributed by atoms with Gasteiger partial charge in [-0.2, -0.15) is 0 Å². The molecule has 9 heteroatoms. The minimum absolute atomic E-state index is 0.309. The van der Waals surface area contributed by atoms with Crippen LogP contribution in [0.2, 0.25) is 5.02 Å². The molecule has 0 saturated heterocycles. The van der Waals surface area contributed by atoms with E-state index in [1.807, 2.05) is 18.2 Å². The zero-order valence-electron chi connectivity index (χ0n) is 17.6. The molecule has 30 heavy (non-hydrogen) atoms. The van der Waals surface area contributed by atoms with Gasteiger partial charge < -0.3 is 14.8 Å². The van der Waals surface area contributed by atoms with Crippen molar-refractivity contribution in [2.75, 3.05) is 37.9 Å². The van der Waals surface area contributed by atoms with Crippen LogP contribution in [-0.2, 0) is 21.2 Å². The molecular weight excluding hydrogens is 428 g/mol. The highest BCUT2D eigenvalue weighted by atomic mass is 35.5. The number of ether oxygens (including phenoxy) is 2. The molecule has 0 aliphatic rings. The first-order valence-electron chi connectivity index (χ1n) is 9.37. The van der Waals surface area contributed by atoms with E-state index in [0.717, 1.165) is 22.5 Å². The van der Waals surface area contributed by atoms with Crippen LogP contribution in [0.15, 0.2) is 36.4 Å². The van der Waals surface area contributed by atoms with Gasteiger partial charge in [-0.25, -0.2) is 8.42 Å². The number of hydrogen-bond donors (Lipinski definition) is 1. The maximum absolute atomic E-state index is 12.4. The number of amides is 1. The average Bonchev–Trinajstić information content (AvgIpc) is 2.70. The zero-order chi connectivity index (χ0) is 22.3. The molecule has 0 saturated carbocycles. The fraction of sp³-hybridized carbons (Fsp3) is 0.381. The van der Waals surface area contributed by atoms with Gasteiger partial charge >= 0.3 is 0 Å². The molecule has 7 nitrogen and oxygen atoms in total. The van der Waals surface area contributed by atoms with Crippen LogP contribution in [0.3, 0.4) is 0 Å². The van der Waals surface area contributed by atoms with Gasteiger partial charge in [0.1, 0.15) is 6.54 Å². The Hall–Kier alpha value is -2.45. The number of halogens is 1. The summed E-state index contributed by atoms with van der Waals surface area (Å²) in [7, 11) is -0.491. The predicted molar refractivity (Wildman–Crippen MR) is 119 cm³/mol. The van der Waals surface area contributed by atoms with E-state index in [2.05, 4.69) is 5.32 Å². The number of sulfonamides is 1. The van der Waals surface area contributed by atoms with Crippen molar-refractivity contribution >= 4 is 33.2 Å². The Morgan fingerprint density at radius 3 is 2.47 bits per heavy atom. The number of benzene rings is 2. The van der Waals surface area contributed by atoms with Crippen LogP contribution in [0.5, 0.6) is 11.5 Å². The summed E-state index contributed by atoms with van der Waals surface area (Å²) in [5.74, 6) is 0.929. The third-order valence-corrected chi connectivity index (χ3v) is 6.14. The number of rotatable bonds is 10. The van der Waals surface area contributed by atoms with E-state index < -0.39 is 10.0 Å². The SMILES string of the molecule is COc1ccc(CCCNC(=O)CN(c2cccc(Cl)c2C)S(C)(=O)=O)cc1OC. The fourth-order valence-corrected chi connectivity index (χ4v) is 4.07. The van der Waals surface area contributed by atoms with Crippen LogP contribution in [-0.4, -0.2) is 47.9 Å². The zero-order valence-corrected chi connectivity index (χ0v) is 19.1. The molecule has 0 spiro atoms. The van der Waals surface area contributed by atoms with Gasteiger partial charge in [-0.1, -0.05) is 23.7 Å². The van der Waals surface area contributed by atoms with Gasteiger partial charge in [-0.3, -0.25) is 9.10 Å². The lowest BCUT2D eigenvalue weighted by Crippen LogP contribution is -2.41. The summed E-state index contributed by atoms with van der Waals surface area (Å²) in [4.78, 5) is 12.4. The van der Waals surface area contributed by atoms with Crippen molar-refractivity contribution in [3.05, 3.63) is 52.5 Å². The van der Waals surface area contributed by atoms with Gasteiger partial charge in [-0.15, -0.1) is 0 Å². The summed E-state index contributed by atoms with van der Waals surface area (Å²) in [6.07, 6.45) is 2.48. The number of methoxy groups -OCH3 is 2. The van der Waals surface area contributed by atoms with Gasteiger partial charge in [0, 0.05) is 11.6 Å². The smallest absolute Gasteiger partial charge is 0.240 e. The predicted octanol–water partition coefficient (Wildman–Crippen LogP) is 3.18. The van der Waals surface area contributed by atoms with Crippen LogP contribution in [0.1, 0.15) is 17.5 Å². The Balaban J connectivity index is 1.95. The molecule has 0 radical (unpaired) electrons. The van der Waals surface area contributed by atoms with Crippen molar-refractivity contribution in [2.24, 2.45) is 0 Å². The normalized spacial score (nSPS) is 11.1. The van der Waals surface area contributed by atoms with E-state index in [1.165, 1.54) is 0 Å². The molecule has 164 valence electrons. The minimum atomic E-state index is -3.65. The first-order valence-corrected chi connectivity index (χ1v) is 11.6. The molecule has 0 atom stereocenters. The molecule has 0 aliphatic heterocycles. The van der Waals surface area contributed by atoms with Crippen molar-refractivity contribution in [3.8, 4) is 11.5 Å². The second-order valence-electron chi connectivity index (χ2n) is 6.80. The Morgan fingerprint density at radius 1 is 1.13 bits per heavy atom. The summed E-state index contributed by atoms with van der Waals surface area (Å²) in [6, 6.07) is 10.6. The molecule has 0 aliphatic carbocycles. The van der Waals surface area contributed by atoms with Crippen LogP contribution in [0.25, 0.3) is 0 Å². The summed E-state index contributed by atoms with van der Waals surface area (Å²) in [5, 5.41) is 3.22. The van der Waals surface area contributed by atoms with E-state index in [9.17, 15) is 13.2 Å². The van der Waals surface area contributed by atoms with E-state index in [1.54, 1.807) is 39.3 Å². The van der Waals surface area contributed by atoms with Crippen molar-refractivity contribution < 1.29 is 22.7 Å². The first-order chi connectivity index (χ1) is 14.2. The van der Waals surface area contributed by atoms with Crippen LogP contribution >= 0.6 is 11.6 Å². The van der Waals surface area contributed by atoms with Gasteiger partial charge in [0.15, 0.2) is 11.5 Å². The maximum atomic E-state index is 12.4. The number of hydrogen-bond acceptors (Lipinski definition) is 5. The quantitative estimate of drug-likeness (QED) is 0.557. The molecule has 0 unspecified atom stereocenters. The average molecular weight is 455 g/mol. The lowest BCUT2D eigenvalue weighted by molar-refractivity contribution is -0.119. The third-order valence-electron chi connectivity index (χ3n) is 4.61. The van der Waals surface area contributed by atoms with Crippen LogP contribution in [0, 0.1) is 6.92 Å². The highest BCUT2D eigenvalue weighted by Crippen LogP contribution is 2.29. The molecule has 2 rings (SSSR count). The van der Waals surface area contributed by atoms with Crippen molar-refractivity contribution in [2.45, 2.75) is 19.8 Å². The van der Waals surface area contributed by atoms with E-state index in [4.69, 9.17) is 21.1 Å². The first kappa shape index (κ1) is 23.8. The van der Waals surface area contributed by atoms with E-state index >= 15 is 0 Å². The molecule has 0 fully saturated rings. The van der Waals surface area contributed by atoms with Gasteiger partial charge in [0.2, 0.25) is 15.9 Å². The summed E-state index contributed by atoms with van der Waals surface area (Å²) < 4.78 is 36.1. The monoisotopic (exact) mass is 454 g/mol. The van der Waals surface area contributed by atoms with Crippen LogP contribution in [0.4, 0.5) is 5.69 Å². The second-order valence-corrected chi connectivity index (χ2v) is 9.11. The summed E-state index contributed by atoms with van der Waals surface area (Å²) in [6.45, 7) is 1.83. The largest absolute Gasteiger partial charge is 0.493 e. The molecule has 0 aromatic heterocycles. The highest BCUT2D eigenvalue weighted by molar-refractivity contribution is 7.92. The van der Waals surface area contributed by atoms with Gasteiger partial charge in [-0.05, 0) is 55.2 Å². The number of nitrogens with zero attached hydrogens (tertiary/aromatic N) is 1. The minimum Gasteiger partial charge on any atom is -0.493 e. The van der Waals surface area contributed by atoms with Crippen LogP contribution < -0.4 is 19.1 Å². The van der Waals surface area contributed by atoms with Crippen molar-refractivity contribution in [3.63, 3.8) is 0 Å². The summed E-state index contributed by atoms with van der Waals surface area (Å²) in [5.41, 5.74) is 2.05. The Bertz CT molecular complexity index is 995. The molecule has 1 amide bonds. The Morgan fingerprint density at radius 2 is 1.83 bits per heavy atom. The molecule has 1 N–H and O–H groups in total. The second kappa shape index (κ2) is 10.5. The molecule has 0 heterocycles. The highest BCUT2D eigenvalue weighted by Gasteiger charge is 2.22.